The van der Waals surface area contributed by atoms with E-state index in [1.807, 2.05) is 13.8 Å². The van der Waals surface area contributed by atoms with Crippen LogP contribution in [0.1, 0.15) is 39.5 Å². The summed E-state index contributed by atoms with van der Waals surface area (Å²) < 4.78 is 0. The van der Waals surface area contributed by atoms with Crippen LogP contribution in [-0.2, 0) is 4.79 Å². The van der Waals surface area contributed by atoms with Gasteiger partial charge in [-0.15, -0.1) is 0 Å². The lowest BCUT2D eigenvalue weighted by Gasteiger charge is -2.14. The second-order valence-electron chi connectivity index (χ2n) is 5.24. The molecule has 0 atom stereocenters. The lowest BCUT2D eigenvalue weighted by Crippen LogP contribution is -2.27. The highest BCUT2D eigenvalue weighted by molar-refractivity contribution is 5.75. The van der Waals surface area contributed by atoms with Gasteiger partial charge in [0.1, 0.15) is 0 Å². The summed E-state index contributed by atoms with van der Waals surface area (Å²) in [5, 5.41) is 12.1. The van der Waals surface area contributed by atoms with Gasteiger partial charge in [-0.1, -0.05) is 6.42 Å². The highest BCUT2D eigenvalue weighted by Gasteiger charge is 2.15. The number of nitrogens with one attached hydrogen (secondary N) is 1. The van der Waals surface area contributed by atoms with Gasteiger partial charge in [0.05, 0.1) is 11.5 Å². The van der Waals surface area contributed by atoms with Crippen molar-refractivity contribution in [1.82, 2.24) is 10.2 Å². The van der Waals surface area contributed by atoms with Crippen LogP contribution in [0.2, 0.25) is 0 Å². The zero-order chi connectivity index (χ0) is 13.3. The standard InChI is InChI=1S/C13H25N3O/c1-13(2,11-14)8-5-6-9-15-10-7-12(17)16(3)4/h15H,5-10H2,1-4H3. The number of carbonyl (C=O) groups excluding carboxylic acids is 1. The molecule has 0 aliphatic carbocycles. The summed E-state index contributed by atoms with van der Waals surface area (Å²) in [4.78, 5) is 12.9. The molecule has 0 aromatic rings. The Morgan fingerprint density at radius 3 is 2.47 bits per heavy atom. The minimum absolute atomic E-state index is 0.156. The van der Waals surface area contributed by atoms with Crippen LogP contribution in [0.5, 0.6) is 0 Å². The number of nitriles is 1. The van der Waals surface area contributed by atoms with Crippen LogP contribution in [-0.4, -0.2) is 38.0 Å². The molecule has 0 aliphatic rings. The summed E-state index contributed by atoms with van der Waals surface area (Å²) in [6.07, 6.45) is 3.59. The first-order chi connectivity index (χ1) is 7.89. The first-order valence-corrected chi connectivity index (χ1v) is 6.21. The Labute approximate surface area is 105 Å². The van der Waals surface area contributed by atoms with Crippen molar-refractivity contribution in [3.8, 4) is 6.07 Å². The van der Waals surface area contributed by atoms with E-state index in [-0.39, 0.29) is 11.3 Å². The van der Waals surface area contributed by atoms with E-state index in [2.05, 4.69) is 11.4 Å². The van der Waals surface area contributed by atoms with E-state index in [9.17, 15) is 4.79 Å². The molecule has 4 nitrogen and oxygen atoms in total. The molecule has 0 radical (unpaired) electrons. The molecule has 0 unspecified atom stereocenters. The Kier molecular flexibility index (Phi) is 7.56. The van der Waals surface area contributed by atoms with E-state index in [0.717, 1.165) is 32.4 Å². The maximum Gasteiger partial charge on any atom is 0.223 e. The van der Waals surface area contributed by atoms with Crippen molar-refractivity contribution in [3.63, 3.8) is 0 Å². The van der Waals surface area contributed by atoms with Crippen LogP contribution < -0.4 is 5.32 Å². The minimum atomic E-state index is -0.207. The fourth-order valence-corrected chi connectivity index (χ4v) is 1.42. The second kappa shape index (κ2) is 8.08. The van der Waals surface area contributed by atoms with E-state index in [0.29, 0.717) is 6.42 Å². The summed E-state index contributed by atoms with van der Waals surface area (Å²) >= 11 is 0. The fourth-order valence-electron chi connectivity index (χ4n) is 1.42. The Bertz CT molecular complexity index is 266. The number of carbonyl (C=O) groups is 1. The van der Waals surface area contributed by atoms with Crippen LogP contribution in [0.25, 0.3) is 0 Å². The predicted octanol–water partition coefficient (Wildman–Crippen LogP) is 1.77. The maximum absolute atomic E-state index is 11.3. The smallest absolute Gasteiger partial charge is 0.223 e. The van der Waals surface area contributed by atoms with Crippen molar-refractivity contribution in [2.45, 2.75) is 39.5 Å². The van der Waals surface area contributed by atoms with Crippen LogP contribution in [0.15, 0.2) is 0 Å². The molecular formula is C13H25N3O. The lowest BCUT2D eigenvalue weighted by molar-refractivity contribution is -0.128. The molecule has 0 bridgehead atoms. The number of unbranched alkanes of at least 4 members (excludes halogenated alkanes) is 1. The normalized spacial score (nSPS) is 11.0. The molecule has 0 fully saturated rings. The summed E-state index contributed by atoms with van der Waals surface area (Å²) in [6, 6.07) is 2.30. The topological polar surface area (TPSA) is 56.1 Å². The third-order valence-electron chi connectivity index (χ3n) is 2.72. The summed E-state index contributed by atoms with van der Waals surface area (Å²) in [6.45, 7) is 5.59. The number of hydrogen-bond donors (Lipinski definition) is 1. The van der Waals surface area contributed by atoms with E-state index in [1.165, 1.54) is 0 Å². The van der Waals surface area contributed by atoms with Gasteiger partial charge in [-0.05, 0) is 33.2 Å². The Hall–Kier alpha value is -1.08. The van der Waals surface area contributed by atoms with Gasteiger partial charge in [0.2, 0.25) is 5.91 Å². The quantitative estimate of drug-likeness (QED) is 0.657. The number of rotatable bonds is 8. The van der Waals surface area contributed by atoms with Crippen molar-refractivity contribution < 1.29 is 4.79 Å². The van der Waals surface area contributed by atoms with E-state index < -0.39 is 0 Å². The molecule has 1 N–H and O–H groups in total. The molecular weight excluding hydrogens is 214 g/mol. The lowest BCUT2D eigenvalue weighted by atomic mass is 9.89. The molecule has 17 heavy (non-hydrogen) atoms. The van der Waals surface area contributed by atoms with Gasteiger partial charge in [0.25, 0.3) is 0 Å². The highest BCUT2D eigenvalue weighted by atomic mass is 16.2. The molecule has 0 aliphatic heterocycles. The van der Waals surface area contributed by atoms with Gasteiger partial charge >= 0.3 is 0 Å². The van der Waals surface area contributed by atoms with Crippen molar-refractivity contribution in [2.24, 2.45) is 5.41 Å². The van der Waals surface area contributed by atoms with Gasteiger partial charge < -0.3 is 10.2 Å². The average Bonchev–Trinajstić information content (AvgIpc) is 2.27. The number of amides is 1. The molecule has 0 heterocycles. The first kappa shape index (κ1) is 15.9. The number of hydrogen-bond acceptors (Lipinski definition) is 3. The Morgan fingerprint density at radius 2 is 1.94 bits per heavy atom. The minimum Gasteiger partial charge on any atom is -0.349 e. The molecule has 0 aromatic heterocycles. The van der Waals surface area contributed by atoms with Crippen LogP contribution in [0.4, 0.5) is 0 Å². The third kappa shape index (κ3) is 8.70. The van der Waals surface area contributed by atoms with Gasteiger partial charge in [0, 0.05) is 27.1 Å². The van der Waals surface area contributed by atoms with Crippen LogP contribution in [0.3, 0.4) is 0 Å². The predicted molar refractivity (Wildman–Crippen MR) is 69.4 cm³/mol. The Balaban J connectivity index is 3.37. The van der Waals surface area contributed by atoms with Crippen LogP contribution >= 0.6 is 0 Å². The zero-order valence-corrected chi connectivity index (χ0v) is 11.5. The van der Waals surface area contributed by atoms with Gasteiger partial charge in [-0.2, -0.15) is 5.26 Å². The van der Waals surface area contributed by atoms with Gasteiger partial charge in [-0.25, -0.2) is 0 Å². The molecule has 0 aromatic carbocycles. The molecule has 0 saturated heterocycles. The highest BCUT2D eigenvalue weighted by Crippen LogP contribution is 2.21. The summed E-state index contributed by atoms with van der Waals surface area (Å²) in [7, 11) is 3.54. The van der Waals surface area contributed by atoms with E-state index in [4.69, 9.17) is 5.26 Å². The SMILES string of the molecule is CN(C)C(=O)CCNCCCCC(C)(C)C#N. The summed E-state index contributed by atoms with van der Waals surface area (Å²) in [5.41, 5.74) is -0.207. The second-order valence-corrected chi connectivity index (χ2v) is 5.24. The molecule has 1 amide bonds. The zero-order valence-electron chi connectivity index (χ0n) is 11.5. The third-order valence-corrected chi connectivity index (χ3v) is 2.72. The van der Waals surface area contributed by atoms with Crippen molar-refractivity contribution in [1.29, 1.82) is 5.26 Å². The molecule has 98 valence electrons. The van der Waals surface area contributed by atoms with E-state index in [1.54, 1.807) is 19.0 Å². The fraction of sp³-hybridized carbons (Fsp3) is 0.846. The molecule has 0 rings (SSSR count). The first-order valence-electron chi connectivity index (χ1n) is 6.21. The van der Waals surface area contributed by atoms with Crippen molar-refractivity contribution in [2.75, 3.05) is 27.2 Å². The maximum atomic E-state index is 11.3. The van der Waals surface area contributed by atoms with Crippen LogP contribution in [0, 0.1) is 16.7 Å². The monoisotopic (exact) mass is 239 g/mol. The largest absolute Gasteiger partial charge is 0.349 e. The van der Waals surface area contributed by atoms with Crippen molar-refractivity contribution in [3.05, 3.63) is 0 Å². The van der Waals surface area contributed by atoms with E-state index >= 15 is 0 Å². The molecule has 0 spiro atoms. The molecule has 0 saturated carbocycles. The summed E-state index contributed by atoms with van der Waals surface area (Å²) in [5.74, 6) is 0.156. The van der Waals surface area contributed by atoms with Gasteiger partial charge in [-0.3, -0.25) is 4.79 Å². The average molecular weight is 239 g/mol. The number of nitrogens with zero attached hydrogens (tertiary/aromatic N) is 2. The van der Waals surface area contributed by atoms with Crippen molar-refractivity contribution >= 4 is 5.91 Å². The molecule has 4 heteroatoms. The Morgan fingerprint density at radius 1 is 1.29 bits per heavy atom. The van der Waals surface area contributed by atoms with Gasteiger partial charge in [0.15, 0.2) is 0 Å².